The molecule has 0 atom stereocenters. The zero-order chi connectivity index (χ0) is 13.8. The summed E-state index contributed by atoms with van der Waals surface area (Å²) in [5.74, 6) is 0.815. The lowest BCUT2D eigenvalue weighted by Gasteiger charge is -2.07. The van der Waals surface area contributed by atoms with Crippen molar-refractivity contribution in [1.82, 2.24) is 4.98 Å². The van der Waals surface area contributed by atoms with Crippen LogP contribution in [0.15, 0.2) is 66.9 Å². The fourth-order valence-corrected chi connectivity index (χ4v) is 1.85. The fourth-order valence-electron chi connectivity index (χ4n) is 1.85. The van der Waals surface area contributed by atoms with Crippen LogP contribution in [0, 0.1) is 0 Å². The molecule has 0 N–H and O–H groups in total. The molecule has 20 heavy (non-hydrogen) atoms. The van der Waals surface area contributed by atoms with E-state index < -0.39 is 6.16 Å². The van der Waals surface area contributed by atoms with Gasteiger partial charge in [0, 0.05) is 11.6 Å². The molecule has 0 aliphatic carbocycles. The minimum absolute atomic E-state index is 0.379. The molecule has 0 unspecified atom stereocenters. The summed E-state index contributed by atoms with van der Waals surface area (Å²) < 4.78 is 10.3. The van der Waals surface area contributed by atoms with E-state index in [2.05, 4.69) is 4.98 Å². The highest BCUT2D eigenvalue weighted by atomic mass is 16.7. The summed E-state index contributed by atoms with van der Waals surface area (Å²) in [7, 11) is 0. The number of nitrogens with zero attached hydrogens (tertiary/aromatic N) is 1. The molecule has 98 valence electrons. The maximum Gasteiger partial charge on any atom is 0.519 e. The lowest BCUT2D eigenvalue weighted by atomic mass is 10.2. The minimum Gasteiger partial charge on any atom is -0.395 e. The molecule has 4 heteroatoms. The zero-order valence-corrected chi connectivity index (χ0v) is 10.5. The van der Waals surface area contributed by atoms with Crippen LogP contribution in [0.25, 0.3) is 10.9 Å². The maximum atomic E-state index is 11.8. The summed E-state index contributed by atoms with van der Waals surface area (Å²) in [4.78, 5) is 16.0. The Labute approximate surface area is 115 Å². The minimum atomic E-state index is -0.783. The molecule has 4 nitrogen and oxygen atoms in total. The van der Waals surface area contributed by atoms with E-state index in [4.69, 9.17) is 9.47 Å². The summed E-state index contributed by atoms with van der Waals surface area (Å²) in [5.41, 5.74) is 0.625. The average Bonchev–Trinajstić information content (AvgIpc) is 2.48. The first-order valence-electron chi connectivity index (χ1n) is 6.11. The van der Waals surface area contributed by atoms with Crippen molar-refractivity contribution in [2.24, 2.45) is 0 Å². The summed E-state index contributed by atoms with van der Waals surface area (Å²) in [5, 5.41) is 0.900. The first-order valence-corrected chi connectivity index (χ1v) is 6.11. The molecule has 0 aliphatic heterocycles. The molecular weight excluding hydrogens is 254 g/mol. The van der Waals surface area contributed by atoms with Crippen molar-refractivity contribution in [3.63, 3.8) is 0 Å². The Bertz CT molecular complexity index is 736. The first-order chi connectivity index (χ1) is 9.83. The molecule has 3 aromatic rings. The van der Waals surface area contributed by atoms with Gasteiger partial charge in [-0.3, -0.25) is 4.98 Å². The van der Waals surface area contributed by atoms with Crippen molar-refractivity contribution < 1.29 is 14.3 Å². The summed E-state index contributed by atoms with van der Waals surface area (Å²) in [6, 6.07) is 17.9. The Morgan fingerprint density at radius 2 is 1.65 bits per heavy atom. The topological polar surface area (TPSA) is 48.4 Å². The molecule has 2 aromatic carbocycles. The van der Waals surface area contributed by atoms with Crippen LogP contribution >= 0.6 is 0 Å². The number of ether oxygens (including phenoxy) is 2. The Hall–Kier alpha value is -2.88. The van der Waals surface area contributed by atoms with E-state index in [1.54, 1.807) is 42.6 Å². The van der Waals surface area contributed by atoms with E-state index in [1.165, 1.54) is 0 Å². The van der Waals surface area contributed by atoms with Crippen molar-refractivity contribution in [3.05, 3.63) is 66.9 Å². The van der Waals surface area contributed by atoms with Crippen LogP contribution in [0.5, 0.6) is 11.5 Å². The zero-order valence-electron chi connectivity index (χ0n) is 10.5. The van der Waals surface area contributed by atoms with Gasteiger partial charge in [0.2, 0.25) is 0 Å². The molecule has 1 aromatic heterocycles. The van der Waals surface area contributed by atoms with Gasteiger partial charge in [-0.05, 0) is 24.3 Å². The van der Waals surface area contributed by atoms with E-state index >= 15 is 0 Å². The van der Waals surface area contributed by atoms with Gasteiger partial charge in [0.25, 0.3) is 0 Å². The Kier molecular flexibility index (Phi) is 3.29. The summed E-state index contributed by atoms with van der Waals surface area (Å²) in [6.45, 7) is 0. The van der Waals surface area contributed by atoms with Crippen LogP contribution in [0.2, 0.25) is 0 Å². The maximum absolute atomic E-state index is 11.8. The number of para-hydroxylation sites is 2. The number of benzene rings is 2. The number of carbonyl (C=O) groups excluding carboxylic acids is 1. The van der Waals surface area contributed by atoms with Crippen molar-refractivity contribution in [2.45, 2.75) is 0 Å². The lowest BCUT2D eigenvalue weighted by Crippen LogP contribution is -2.14. The third kappa shape index (κ3) is 2.59. The van der Waals surface area contributed by atoms with Crippen molar-refractivity contribution >= 4 is 17.1 Å². The van der Waals surface area contributed by atoms with Gasteiger partial charge in [0.05, 0.1) is 0 Å². The highest BCUT2D eigenvalue weighted by molar-refractivity contribution is 5.86. The van der Waals surface area contributed by atoms with Gasteiger partial charge in [-0.1, -0.05) is 36.4 Å². The smallest absolute Gasteiger partial charge is 0.395 e. The molecule has 1 heterocycles. The largest absolute Gasteiger partial charge is 0.519 e. The third-order valence-electron chi connectivity index (χ3n) is 2.73. The van der Waals surface area contributed by atoms with Crippen LogP contribution in [0.3, 0.4) is 0 Å². The highest BCUT2D eigenvalue weighted by Crippen LogP contribution is 2.23. The van der Waals surface area contributed by atoms with Gasteiger partial charge in [-0.25, -0.2) is 4.79 Å². The van der Waals surface area contributed by atoms with Gasteiger partial charge >= 0.3 is 6.16 Å². The average molecular weight is 265 g/mol. The van der Waals surface area contributed by atoms with Gasteiger partial charge in [0.15, 0.2) is 5.75 Å². The molecule has 0 bridgehead atoms. The van der Waals surface area contributed by atoms with Gasteiger partial charge in [-0.2, -0.15) is 0 Å². The molecule has 0 saturated heterocycles. The van der Waals surface area contributed by atoms with Crippen molar-refractivity contribution in [2.75, 3.05) is 0 Å². The number of rotatable bonds is 2. The van der Waals surface area contributed by atoms with Crippen LogP contribution in [0.1, 0.15) is 0 Å². The van der Waals surface area contributed by atoms with Crippen LogP contribution in [0.4, 0.5) is 4.79 Å². The second-order valence-electron chi connectivity index (χ2n) is 4.10. The normalized spacial score (nSPS) is 10.2. The molecule has 0 aliphatic rings. The number of pyridine rings is 1. The quantitative estimate of drug-likeness (QED) is 0.522. The number of carbonyl (C=O) groups is 1. The van der Waals surface area contributed by atoms with Crippen LogP contribution in [-0.4, -0.2) is 11.1 Å². The highest BCUT2D eigenvalue weighted by Gasteiger charge is 2.10. The molecule has 0 radical (unpaired) electrons. The van der Waals surface area contributed by atoms with E-state index in [9.17, 15) is 4.79 Å². The third-order valence-corrected chi connectivity index (χ3v) is 2.73. The number of hydrogen-bond acceptors (Lipinski definition) is 4. The number of hydrogen-bond donors (Lipinski definition) is 0. The van der Waals surface area contributed by atoms with Crippen LogP contribution < -0.4 is 9.47 Å². The SMILES string of the molecule is O=C(Oc1ccccc1)Oc1cccc2cccnc12. The van der Waals surface area contributed by atoms with E-state index in [-0.39, 0.29) is 0 Å². The second kappa shape index (κ2) is 5.40. The van der Waals surface area contributed by atoms with Crippen molar-refractivity contribution in [1.29, 1.82) is 0 Å². The number of fused-ring (bicyclic) bond motifs is 1. The monoisotopic (exact) mass is 265 g/mol. The Morgan fingerprint density at radius 1 is 0.850 bits per heavy atom. The van der Waals surface area contributed by atoms with E-state index in [0.29, 0.717) is 17.0 Å². The Morgan fingerprint density at radius 3 is 2.50 bits per heavy atom. The molecule has 3 rings (SSSR count). The summed E-state index contributed by atoms with van der Waals surface area (Å²) >= 11 is 0. The van der Waals surface area contributed by atoms with E-state index in [1.807, 2.05) is 24.3 Å². The predicted molar refractivity (Wildman–Crippen MR) is 74.8 cm³/mol. The lowest BCUT2D eigenvalue weighted by molar-refractivity contribution is 0.152. The van der Waals surface area contributed by atoms with Gasteiger partial charge in [-0.15, -0.1) is 0 Å². The molecule has 0 amide bonds. The molecule has 0 saturated carbocycles. The molecular formula is C16H11NO3. The molecule has 0 spiro atoms. The van der Waals surface area contributed by atoms with Gasteiger partial charge < -0.3 is 9.47 Å². The fraction of sp³-hybridized carbons (Fsp3) is 0. The van der Waals surface area contributed by atoms with Gasteiger partial charge in [0.1, 0.15) is 11.3 Å². The van der Waals surface area contributed by atoms with E-state index in [0.717, 1.165) is 5.39 Å². The first kappa shape index (κ1) is 12.2. The standard InChI is InChI=1S/C16H11NO3/c18-16(19-13-8-2-1-3-9-13)20-14-10-4-6-12-7-5-11-17-15(12)14/h1-11H. The summed E-state index contributed by atoms with van der Waals surface area (Å²) in [6.07, 6.45) is 0.868. The molecule has 0 fully saturated rings. The number of aromatic nitrogens is 1. The van der Waals surface area contributed by atoms with Crippen LogP contribution in [-0.2, 0) is 0 Å². The Balaban J connectivity index is 1.81. The predicted octanol–water partition coefficient (Wildman–Crippen LogP) is 3.81. The van der Waals surface area contributed by atoms with Crippen molar-refractivity contribution in [3.8, 4) is 11.5 Å². The second-order valence-corrected chi connectivity index (χ2v) is 4.10.